The molecule has 2 heterocycles. The molecule has 0 radical (unpaired) electrons. The molecule has 1 spiro atoms. The zero-order chi connectivity index (χ0) is 19.7. The number of hydrogen-bond donors (Lipinski definition) is 2. The van der Waals surface area contributed by atoms with E-state index in [1.807, 2.05) is 50.2 Å². The zero-order valence-corrected chi connectivity index (χ0v) is 17.9. The maximum Gasteiger partial charge on any atom is 0.264 e. The molecule has 2 aromatic rings. The molecule has 6 heteroatoms. The highest BCUT2D eigenvalue weighted by molar-refractivity contribution is 5.95. The number of piperidine rings is 1. The minimum absolute atomic E-state index is 0. The molecule has 1 unspecified atom stereocenters. The van der Waals surface area contributed by atoms with Crippen LogP contribution in [-0.4, -0.2) is 29.6 Å². The van der Waals surface area contributed by atoms with Crippen LogP contribution in [0.5, 0.6) is 0 Å². The van der Waals surface area contributed by atoms with Gasteiger partial charge in [0, 0.05) is 12.2 Å². The number of nitrogens with zero attached hydrogens (tertiary/aromatic N) is 1. The minimum atomic E-state index is -0.231. The Bertz CT molecular complexity index is 911. The molecule has 2 aliphatic rings. The van der Waals surface area contributed by atoms with Crippen LogP contribution in [0.1, 0.15) is 60.1 Å². The molecule has 1 saturated carbocycles. The van der Waals surface area contributed by atoms with Crippen molar-refractivity contribution in [2.45, 2.75) is 51.6 Å². The Morgan fingerprint density at radius 3 is 2.48 bits per heavy atom. The first-order valence-electron chi connectivity index (χ1n) is 10.3. The van der Waals surface area contributed by atoms with E-state index in [2.05, 4.69) is 10.6 Å². The van der Waals surface area contributed by atoms with Gasteiger partial charge in [-0.1, -0.05) is 30.3 Å². The third-order valence-electron chi connectivity index (χ3n) is 6.61. The number of nitrogens with one attached hydrogen (secondary N) is 2. The van der Waals surface area contributed by atoms with Crippen LogP contribution in [0.2, 0.25) is 0 Å². The molecule has 1 saturated heterocycles. The molecule has 1 aliphatic heterocycles. The second kappa shape index (κ2) is 8.72. The third kappa shape index (κ3) is 4.26. The Labute approximate surface area is 178 Å². The number of carbonyl (C=O) groups excluding carboxylic acids is 1. The number of halogens is 1. The quantitative estimate of drug-likeness (QED) is 0.803. The van der Waals surface area contributed by atoms with Crippen molar-refractivity contribution in [1.29, 1.82) is 0 Å². The number of carbonyl (C=O) groups is 1. The Balaban J connectivity index is 0.00000240. The van der Waals surface area contributed by atoms with Crippen LogP contribution in [-0.2, 0) is 0 Å². The van der Waals surface area contributed by atoms with E-state index >= 15 is 0 Å². The molecule has 1 atom stereocenters. The highest BCUT2D eigenvalue weighted by atomic mass is 35.5. The summed E-state index contributed by atoms with van der Waals surface area (Å²) in [4.78, 5) is 26.1. The monoisotopic (exact) mass is 415 g/mol. The van der Waals surface area contributed by atoms with Gasteiger partial charge in [-0.25, -0.2) is 0 Å². The molecular formula is C23H30ClN3O2. The first-order valence-corrected chi connectivity index (χ1v) is 10.3. The van der Waals surface area contributed by atoms with E-state index in [1.165, 1.54) is 12.8 Å². The number of rotatable bonds is 4. The van der Waals surface area contributed by atoms with Crippen LogP contribution in [0, 0.1) is 12.3 Å². The topological polar surface area (TPSA) is 63.1 Å². The van der Waals surface area contributed by atoms with E-state index in [0.29, 0.717) is 5.41 Å². The van der Waals surface area contributed by atoms with Gasteiger partial charge in [-0.2, -0.15) is 0 Å². The van der Waals surface area contributed by atoms with Crippen molar-refractivity contribution in [3.63, 3.8) is 0 Å². The standard InChI is InChI=1S/C23H29N3O2.ClH/c1-16-8-13-26(17(2)18-6-4-3-5-7-18)22(28)20(16)21(27)25-19-14-23(15-19)9-11-24-12-10-23;/h3-8,13,17,19,24H,9-12,14-15H2,1-2H3,(H,25,27);1H. The average Bonchev–Trinajstić information content (AvgIpc) is 2.68. The Morgan fingerprint density at radius 2 is 1.83 bits per heavy atom. The fourth-order valence-corrected chi connectivity index (χ4v) is 4.82. The fraction of sp³-hybridized carbons (Fsp3) is 0.478. The normalized spacial score (nSPS) is 19.1. The maximum atomic E-state index is 13.1. The molecule has 1 amide bonds. The van der Waals surface area contributed by atoms with Gasteiger partial charge in [-0.05, 0) is 75.2 Å². The number of benzene rings is 1. The maximum absolute atomic E-state index is 13.1. The summed E-state index contributed by atoms with van der Waals surface area (Å²) in [5, 5.41) is 6.52. The summed E-state index contributed by atoms with van der Waals surface area (Å²) in [5.41, 5.74) is 2.24. The van der Waals surface area contributed by atoms with Crippen LogP contribution in [0.25, 0.3) is 0 Å². The largest absolute Gasteiger partial charge is 0.349 e. The third-order valence-corrected chi connectivity index (χ3v) is 6.61. The summed E-state index contributed by atoms with van der Waals surface area (Å²) in [5.74, 6) is -0.231. The summed E-state index contributed by atoms with van der Waals surface area (Å²) >= 11 is 0. The van der Waals surface area contributed by atoms with Crippen LogP contribution in [0.4, 0.5) is 0 Å². The van der Waals surface area contributed by atoms with Gasteiger partial charge in [0.1, 0.15) is 5.56 Å². The van der Waals surface area contributed by atoms with Gasteiger partial charge < -0.3 is 15.2 Å². The van der Waals surface area contributed by atoms with Crippen molar-refractivity contribution in [3.05, 3.63) is 69.6 Å². The van der Waals surface area contributed by atoms with E-state index in [1.54, 1.807) is 10.8 Å². The van der Waals surface area contributed by atoms with Crippen molar-refractivity contribution in [2.24, 2.45) is 5.41 Å². The van der Waals surface area contributed by atoms with Crippen LogP contribution < -0.4 is 16.2 Å². The lowest BCUT2D eigenvalue weighted by Gasteiger charge is -2.50. The lowest BCUT2D eigenvalue weighted by Crippen LogP contribution is -2.54. The van der Waals surface area contributed by atoms with Crippen molar-refractivity contribution in [1.82, 2.24) is 15.2 Å². The number of pyridine rings is 1. The van der Waals surface area contributed by atoms with Gasteiger partial charge in [0.2, 0.25) is 0 Å². The smallest absolute Gasteiger partial charge is 0.264 e. The predicted molar refractivity (Wildman–Crippen MR) is 118 cm³/mol. The highest BCUT2D eigenvalue weighted by Crippen LogP contribution is 2.47. The molecule has 29 heavy (non-hydrogen) atoms. The van der Waals surface area contributed by atoms with E-state index in [4.69, 9.17) is 0 Å². The summed E-state index contributed by atoms with van der Waals surface area (Å²) in [6.07, 6.45) is 6.22. The first-order chi connectivity index (χ1) is 13.5. The SMILES string of the molecule is Cc1ccn(C(C)c2ccccc2)c(=O)c1C(=O)NC1CC2(CCNCC2)C1.Cl. The molecule has 1 aromatic heterocycles. The number of hydrogen-bond acceptors (Lipinski definition) is 3. The van der Waals surface area contributed by atoms with Crippen LogP contribution in [0.3, 0.4) is 0 Å². The molecule has 2 fully saturated rings. The fourth-order valence-electron chi connectivity index (χ4n) is 4.82. The predicted octanol–water partition coefficient (Wildman–Crippen LogP) is 3.45. The first kappa shape index (κ1) is 21.6. The molecule has 156 valence electrons. The van der Waals surface area contributed by atoms with Crippen molar-refractivity contribution in [3.8, 4) is 0 Å². The number of aryl methyl sites for hydroxylation is 1. The molecule has 0 bridgehead atoms. The van der Waals surface area contributed by atoms with Crippen molar-refractivity contribution < 1.29 is 4.79 Å². The van der Waals surface area contributed by atoms with Gasteiger partial charge in [0.15, 0.2) is 0 Å². The molecular weight excluding hydrogens is 386 g/mol. The van der Waals surface area contributed by atoms with Crippen LogP contribution in [0.15, 0.2) is 47.4 Å². The Hall–Kier alpha value is -2.11. The highest BCUT2D eigenvalue weighted by Gasteiger charge is 2.45. The summed E-state index contributed by atoms with van der Waals surface area (Å²) < 4.78 is 1.66. The molecule has 2 N–H and O–H groups in total. The lowest BCUT2D eigenvalue weighted by molar-refractivity contribution is 0.0422. The van der Waals surface area contributed by atoms with Crippen molar-refractivity contribution >= 4 is 18.3 Å². The van der Waals surface area contributed by atoms with E-state index < -0.39 is 0 Å². The molecule has 5 nitrogen and oxygen atoms in total. The zero-order valence-electron chi connectivity index (χ0n) is 17.1. The molecule has 1 aliphatic carbocycles. The Kier molecular flexibility index (Phi) is 6.49. The van der Waals surface area contributed by atoms with Gasteiger partial charge >= 0.3 is 0 Å². The summed E-state index contributed by atoms with van der Waals surface area (Å²) in [6.45, 7) is 5.96. The van der Waals surface area contributed by atoms with Gasteiger partial charge in [0.25, 0.3) is 11.5 Å². The number of amides is 1. The van der Waals surface area contributed by atoms with Crippen molar-refractivity contribution in [2.75, 3.05) is 13.1 Å². The van der Waals surface area contributed by atoms with E-state index in [-0.39, 0.29) is 41.5 Å². The van der Waals surface area contributed by atoms with Gasteiger partial charge in [-0.15, -0.1) is 12.4 Å². The molecule has 1 aromatic carbocycles. The minimum Gasteiger partial charge on any atom is -0.349 e. The number of aromatic nitrogens is 1. The molecule has 4 rings (SSSR count). The van der Waals surface area contributed by atoms with Crippen LogP contribution >= 0.6 is 12.4 Å². The van der Waals surface area contributed by atoms with Gasteiger partial charge in [-0.3, -0.25) is 9.59 Å². The van der Waals surface area contributed by atoms with E-state index in [9.17, 15) is 9.59 Å². The van der Waals surface area contributed by atoms with E-state index in [0.717, 1.165) is 37.1 Å². The second-order valence-electron chi connectivity index (χ2n) is 8.50. The van der Waals surface area contributed by atoms with Gasteiger partial charge in [0.05, 0.1) is 6.04 Å². The summed E-state index contributed by atoms with van der Waals surface area (Å²) in [7, 11) is 0. The lowest BCUT2D eigenvalue weighted by atomic mass is 9.60. The summed E-state index contributed by atoms with van der Waals surface area (Å²) in [6, 6.07) is 11.8. The second-order valence-corrected chi connectivity index (χ2v) is 8.50. The Morgan fingerprint density at radius 1 is 1.17 bits per heavy atom. The average molecular weight is 416 g/mol.